The van der Waals surface area contributed by atoms with Crippen molar-refractivity contribution >= 4 is 11.7 Å². The maximum atomic E-state index is 10.7. The third-order valence-corrected chi connectivity index (χ3v) is 1.55. The minimum atomic E-state index is -0.372. The van der Waals surface area contributed by atoms with E-state index in [4.69, 9.17) is 0 Å². The van der Waals surface area contributed by atoms with Crippen LogP contribution in [-0.4, -0.2) is 24.7 Å². The average Bonchev–Trinajstić information content (AvgIpc) is 2.16. The number of aromatic hydroxyl groups is 1. The summed E-state index contributed by atoms with van der Waals surface area (Å²) in [6.07, 6.45) is 0. The Morgan fingerprint density at radius 1 is 1.54 bits per heavy atom. The van der Waals surface area contributed by atoms with Gasteiger partial charge in [-0.3, -0.25) is 4.79 Å². The van der Waals surface area contributed by atoms with Crippen LogP contribution in [0.4, 0.5) is 5.69 Å². The van der Waals surface area contributed by atoms with Crippen molar-refractivity contribution in [1.82, 2.24) is 0 Å². The molecule has 0 radical (unpaired) electrons. The highest BCUT2D eigenvalue weighted by Gasteiger charge is 2.01. The van der Waals surface area contributed by atoms with Gasteiger partial charge in [-0.15, -0.1) is 0 Å². The van der Waals surface area contributed by atoms with Crippen LogP contribution < -0.4 is 5.32 Å². The largest absolute Gasteiger partial charge is 0.506 e. The lowest BCUT2D eigenvalue weighted by atomic mass is 10.3. The number of phenolic OH excluding ortho intramolecular Hbond substituents is 1. The van der Waals surface area contributed by atoms with Crippen LogP contribution in [0.3, 0.4) is 0 Å². The lowest BCUT2D eigenvalue weighted by Gasteiger charge is -2.05. The Bertz CT molecular complexity index is 299. The molecule has 0 fully saturated rings. The highest BCUT2D eigenvalue weighted by Crippen LogP contribution is 2.20. The molecule has 0 aliphatic carbocycles. The first-order chi connectivity index (χ1) is 6.24. The van der Waals surface area contributed by atoms with Gasteiger partial charge in [0.2, 0.25) is 0 Å². The fourth-order valence-corrected chi connectivity index (χ4v) is 0.863. The number of benzene rings is 1. The van der Waals surface area contributed by atoms with Gasteiger partial charge in [-0.2, -0.15) is 0 Å². The van der Waals surface area contributed by atoms with Crippen LogP contribution in [0.1, 0.15) is 0 Å². The van der Waals surface area contributed by atoms with Crippen molar-refractivity contribution in [3.63, 3.8) is 0 Å². The normalized spacial score (nSPS) is 9.31. The molecule has 1 rings (SSSR count). The summed E-state index contributed by atoms with van der Waals surface area (Å²) in [5.74, 6) is -0.255. The second-order valence-corrected chi connectivity index (χ2v) is 2.45. The van der Waals surface area contributed by atoms with Crippen LogP contribution in [0.25, 0.3) is 0 Å². The van der Waals surface area contributed by atoms with Crippen LogP contribution in [0.2, 0.25) is 0 Å². The average molecular weight is 181 g/mol. The van der Waals surface area contributed by atoms with Crippen molar-refractivity contribution in [2.24, 2.45) is 0 Å². The fourth-order valence-electron chi connectivity index (χ4n) is 0.863. The fraction of sp³-hybridized carbons (Fsp3) is 0.222. The van der Waals surface area contributed by atoms with E-state index in [1.54, 1.807) is 24.3 Å². The predicted molar refractivity (Wildman–Crippen MR) is 48.6 cm³/mol. The lowest BCUT2D eigenvalue weighted by Crippen LogP contribution is -2.14. The monoisotopic (exact) mass is 181 g/mol. The van der Waals surface area contributed by atoms with Gasteiger partial charge in [-0.25, -0.2) is 0 Å². The van der Waals surface area contributed by atoms with Crippen LogP contribution in [0.15, 0.2) is 24.3 Å². The quantitative estimate of drug-likeness (QED) is 0.539. The van der Waals surface area contributed by atoms with E-state index in [0.717, 1.165) is 0 Å². The maximum Gasteiger partial charge on any atom is 0.325 e. The number of para-hydroxylation sites is 2. The molecular formula is C9H11NO3. The number of carbonyl (C=O) groups excluding carboxylic acids is 1. The number of hydrogen-bond acceptors (Lipinski definition) is 4. The predicted octanol–water partition coefficient (Wildman–Crippen LogP) is 0.977. The molecule has 0 aliphatic heterocycles. The molecule has 2 N–H and O–H groups in total. The number of carbonyl (C=O) groups is 1. The van der Waals surface area contributed by atoms with E-state index in [9.17, 15) is 9.90 Å². The minimum Gasteiger partial charge on any atom is -0.506 e. The summed E-state index contributed by atoms with van der Waals surface area (Å²) in [7, 11) is 1.31. The van der Waals surface area contributed by atoms with E-state index < -0.39 is 0 Å². The Morgan fingerprint density at radius 3 is 2.85 bits per heavy atom. The third-order valence-electron chi connectivity index (χ3n) is 1.55. The first-order valence-electron chi connectivity index (χ1n) is 3.82. The van der Waals surface area contributed by atoms with Gasteiger partial charge in [0.1, 0.15) is 12.3 Å². The van der Waals surface area contributed by atoms with Crippen LogP contribution >= 0.6 is 0 Å². The van der Waals surface area contributed by atoms with Crippen molar-refractivity contribution in [2.75, 3.05) is 19.0 Å². The topological polar surface area (TPSA) is 58.6 Å². The number of ether oxygens (including phenoxy) is 1. The number of methoxy groups -OCH3 is 1. The first-order valence-corrected chi connectivity index (χ1v) is 3.82. The number of anilines is 1. The van der Waals surface area contributed by atoms with E-state index in [1.165, 1.54) is 7.11 Å². The smallest absolute Gasteiger partial charge is 0.325 e. The molecular weight excluding hydrogens is 170 g/mol. The summed E-state index contributed by atoms with van der Waals surface area (Å²) >= 11 is 0. The molecule has 1 aromatic carbocycles. The van der Waals surface area contributed by atoms with E-state index >= 15 is 0 Å². The van der Waals surface area contributed by atoms with Gasteiger partial charge in [-0.1, -0.05) is 12.1 Å². The van der Waals surface area contributed by atoms with Crippen molar-refractivity contribution < 1.29 is 14.6 Å². The van der Waals surface area contributed by atoms with Crippen molar-refractivity contribution in [3.8, 4) is 5.75 Å². The van der Waals surface area contributed by atoms with E-state index in [0.29, 0.717) is 5.69 Å². The minimum absolute atomic E-state index is 0.0497. The molecule has 0 unspecified atom stereocenters. The van der Waals surface area contributed by atoms with Gasteiger partial charge < -0.3 is 15.2 Å². The summed E-state index contributed by atoms with van der Waals surface area (Å²) in [4.78, 5) is 10.7. The van der Waals surface area contributed by atoms with E-state index in [1.807, 2.05) is 0 Å². The van der Waals surface area contributed by atoms with Gasteiger partial charge >= 0.3 is 5.97 Å². The van der Waals surface area contributed by atoms with Crippen LogP contribution in [-0.2, 0) is 9.53 Å². The molecule has 13 heavy (non-hydrogen) atoms. The first kappa shape index (κ1) is 9.38. The highest BCUT2D eigenvalue weighted by molar-refractivity contribution is 5.75. The Hall–Kier alpha value is -1.71. The Morgan fingerprint density at radius 2 is 2.23 bits per heavy atom. The molecule has 1 aromatic rings. The zero-order chi connectivity index (χ0) is 9.68. The number of hydrogen-bond donors (Lipinski definition) is 2. The van der Waals surface area contributed by atoms with Crippen LogP contribution in [0, 0.1) is 0 Å². The molecule has 4 nitrogen and oxygen atoms in total. The maximum absolute atomic E-state index is 10.7. The molecule has 0 atom stereocenters. The van der Waals surface area contributed by atoms with Crippen molar-refractivity contribution in [3.05, 3.63) is 24.3 Å². The van der Waals surface area contributed by atoms with Crippen molar-refractivity contribution in [1.29, 1.82) is 0 Å². The van der Waals surface area contributed by atoms with Gasteiger partial charge in [0, 0.05) is 0 Å². The van der Waals surface area contributed by atoms with E-state index in [2.05, 4.69) is 10.1 Å². The lowest BCUT2D eigenvalue weighted by molar-refractivity contribution is -0.138. The SMILES string of the molecule is COC(=O)CNc1ccccc1O. The molecule has 0 amide bonds. The molecule has 0 heterocycles. The summed E-state index contributed by atoms with van der Waals surface area (Å²) in [6, 6.07) is 6.69. The van der Waals surface area contributed by atoms with Gasteiger partial charge in [0.05, 0.1) is 12.8 Å². The van der Waals surface area contributed by atoms with Crippen LogP contribution in [0.5, 0.6) is 5.75 Å². The summed E-state index contributed by atoms with van der Waals surface area (Å²) in [5.41, 5.74) is 0.521. The third kappa shape index (κ3) is 2.66. The van der Waals surface area contributed by atoms with Gasteiger partial charge in [-0.05, 0) is 12.1 Å². The Labute approximate surface area is 76.1 Å². The number of phenols is 1. The standard InChI is InChI=1S/C9H11NO3/c1-13-9(12)6-10-7-4-2-3-5-8(7)11/h2-5,10-11H,6H2,1H3. The molecule has 0 spiro atoms. The van der Waals surface area contributed by atoms with E-state index in [-0.39, 0.29) is 18.3 Å². The molecule has 0 saturated carbocycles. The Balaban J connectivity index is 2.54. The summed E-state index contributed by atoms with van der Waals surface area (Å²) in [5, 5.41) is 12.0. The zero-order valence-corrected chi connectivity index (χ0v) is 7.28. The second kappa shape index (κ2) is 4.35. The molecule has 0 saturated heterocycles. The zero-order valence-electron chi connectivity index (χ0n) is 7.28. The number of rotatable bonds is 3. The molecule has 4 heteroatoms. The molecule has 70 valence electrons. The summed E-state index contributed by atoms with van der Waals surface area (Å²) in [6.45, 7) is 0.0497. The Kier molecular flexibility index (Phi) is 3.14. The second-order valence-electron chi connectivity index (χ2n) is 2.45. The molecule has 0 aliphatic rings. The summed E-state index contributed by atoms with van der Waals surface area (Å²) < 4.78 is 4.43. The van der Waals surface area contributed by atoms with Gasteiger partial charge in [0.15, 0.2) is 0 Å². The number of esters is 1. The van der Waals surface area contributed by atoms with Gasteiger partial charge in [0.25, 0.3) is 0 Å². The molecule has 0 aromatic heterocycles. The molecule has 0 bridgehead atoms. The number of nitrogens with one attached hydrogen (secondary N) is 1. The highest BCUT2D eigenvalue weighted by atomic mass is 16.5. The van der Waals surface area contributed by atoms with Crippen molar-refractivity contribution in [2.45, 2.75) is 0 Å².